The summed E-state index contributed by atoms with van der Waals surface area (Å²) >= 11 is 0. The van der Waals surface area contributed by atoms with E-state index in [9.17, 15) is 5.11 Å². The fraction of sp³-hybridized carbons (Fsp3) is 0.130. The monoisotopic (exact) mass is 345 g/mol. The van der Waals surface area contributed by atoms with Gasteiger partial charge in [0, 0.05) is 5.69 Å². The Kier molecular flexibility index (Phi) is 5.72. The van der Waals surface area contributed by atoms with Gasteiger partial charge in [-0.05, 0) is 35.4 Å². The van der Waals surface area contributed by atoms with Gasteiger partial charge in [0.25, 0.3) is 0 Å². The number of hydrogen-bond acceptors (Lipinski definition) is 3. The molecule has 0 saturated carbocycles. The van der Waals surface area contributed by atoms with Crippen molar-refractivity contribution < 1.29 is 9.84 Å². The van der Waals surface area contributed by atoms with Crippen molar-refractivity contribution in [3.63, 3.8) is 0 Å². The molecule has 2 N–H and O–H groups in total. The molecule has 0 aliphatic rings. The van der Waals surface area contributed by atoms with Crippen molar-refractivity contribution >= 4 is 5.69 Å². The maximum atomic E-state index is 10.1. The summed E-state index contributed by atoms with van der Waals surface area (Å²) in [6.07, 6.45) is 1.73. The minimum atomic E-state index is -0.784. The normalized spacial score (nSPS) is 12.8. The van der Waals surface area contributed by atoms with Gasteiger partial charge in [0.1, 0.15) is 17.9 Å². The third-order valence-corrected chi connectivity index (χ3v) is 4.34. The second-order valence-corrected chi connectivity index (χ2v) is 6.13. The molecule has 0 bridgehead atoms. The second-order valence-electron chi connectivity index (χ2n) is 6.13. The summed E-state index contributed by atoms with van der Waals surface area (Å²) in [6, 6.07) is 27.6. The van der Waals surface area contributed by atoms with Crippen molar-refractivity contribution in [2.24, 2.45) is 0 Å². The molecule has 1 atom stereocenters. The van der Waals surface area contributed by atoms with Crippen LogP contribution in [-0.4, -0.2) is 11.7 Å². The standard InChI is InChI=1S/C23H23NO2/c1-2-23(18-25,24-21-13-7-4-8-14-21)20-12-9-15-22(16-20)26-17-19-10-5-3-6-11-19/h2-16,24-25H,1,17-18H2/t23-/m1/s1. The Hall–Kier alpha value is -3.04. The molecule has 132 valence electrons. The number of rotatable bonds is 8. The van der Waals surface area contributed by atoms with Crippen molar-refractivity contribution in [3.8, 4) is 5.75 Å². The van der Waals surface area contributed by atoms with E-state index in [4.69, 9.17) is 4.74 Å². The Morgan fingerprint density at radius 2 is 1.62 bits per heavy atom. The van der Waals surface area contributed by atoms with Gasteiger partial charge in [0.05, 0.1) is 6.61 Å². The molecule has 0 unspecified atom stereocenters. The molecule has 0 amide bonds. The van der Waals surface area contributed by atoms with E-state index in [-0.39, 0.29) is 6.61 Å². The SMILES string of the molecule is C=C[C@](CO)(Nc1ccccc1)c1cccc(OCc2ccccc2)c1. The number of ether oxygens (including phenoxy) is 1. The molecule has 0 heterocycles. The minimum Gasteiger partial charge on any atom is -0.489 e. The van der Waals surface area contributed by atoms with E-state index in [0.29, 0.717) is 6.61 Å². The molecule has 0 aliphatic carbocycles. The molecule has 0 spiro atoms. The number of hydrogen-bond donors (Lipinski definition) is 2. The van der Waals surface area contributed by atoms with E-state index in [1.54, 1.807) is 6.08 Å². The molecule has 3 aromatic rings. The molecule has 3 heteroatoms. The summed E-state index contributed by atoms with van der Waals surface area (Å²) < 4.78 is 5.92. The fourth-order valence-electron chi connectivity index (χ4n) is 2.82. The van der Waals surface area contributed by atoms with Crippen molar-refractivity contribution in [2.45, 2.75) is 12.1 Å². The van der Waals surface area contributed by atoms with E-state index in [1.165, 1.54) is 0 Å². The van der Waals surface area contributed by atoms with E-state index < -0.39 is 5.54 Å². The Bertz CT molecular complexity index is 833. The highest BCUT2D eigenvalue weighted by Gasteiger charge is 2.28. The van der Waals surface area contributed by atoms with Crippen LogP contribution in [0.5, 0.6) is 5.75 Å². The first kappa shape index (κ1) is 17.8. The Labute approximate surface area is 154 Å². The van der Waals surface area contributed by atoms with Gasteiger partial charge in [-0.2, -0.15) is 0 Å². The van der Waals surface area contributed by atoms with Gasteiger partial charge in [-0.25, -0.2) is 0 Å². The van der Waals surface area contributed by atoms with Crippen LogP contribution in [0.2, 0.25) is 0 Å². The lowest BCUT2D eigenvalue weighted by atomic mass is 9.90. The number of aliphatic hydroxyl groups is 1. The minimum absolute atomic E-state index is 0.118. The lowest BCUT2D eigenvalue weighted by molar-refractivity contribution is 0.240. The molecule has 0 aromatic heterocycles. The Morgan fingerprint density at radius 1 is 0.923 bits per heavy atom. The zero-order valence-electron chi connectivity index (χ0n) is 14.6. The highest BCUT2D eigenvalue weighted by atomic mass is 16.5. The van der Waals surface area contributed by atoms with E-state index in [2.05, 4.69) is 11.9 Å². The predicted octanol–water partition coefficient (Wildman–Crippen LogP) is 4.75. The number of para-hydroxylation sites is 1. The Balaban J connectivity index is 1.82. The van der Waals surface area contributed by atoms with Gasteiger partial charge >= 0.3 is 0 Å². The van der Waals surface area contributed by atoms with Crippen LogP contribution < -0.4 is 10.1 Å². The largest absolute Gasteiger partial charge is 0.489 e. The van der Waals surface area contributed by atoms with Crippen LogP contribution in [0.1, 0.15) is 11.1 Å². The molecular weight excluding hydrogens is 322 g/mol. The molecule has 3 aromatic carbocycles. The van der Waals surface area contributed by atoms with Crippen LogP contribution in [0, 0.1) is 0 Å². The van der Waals surface area contributed by atoms with Crippen LogP contribution in [0.4, 0.5) is 5.69 Å². The summed E-state index contributed by atoms with van der Waals surface area (Å²) in [5.74, 6) is 0.751. The van der Waals surface area contributed by atoms with Gasteiger partial charge in [-0.3, -0.25) is 0 Å². The first-order valence-electron chi connectivity index (χ1n) is 8.61. The van der Waals surface area contributed by atoms with Crippen LogP contribution >= 0.6 is 0 Å². The molecule has 0 saturated heterocycles. The first-order chi connectivity index (χ1) is 12.8. The molecule has 0 radical (unpaired) electrons. The van der Waals surface area contributed by atoms with Crippen molar-refractivity contribution in [1.29, 1.82) is 0 Å². The van der Waals surface area contributed by atoms with Gasteiger partial charge in [-0.15, -0.1) is 6.58 Å². The molecule has 3 nitrogen and oxygen atoms in total. The number of nitrogens with one attached hydrogen (secondary N) is 1. The number of benzene rings is 3. The van der Waals surface area contributed by atoms with E-state index in [0.717, 1.165) is 22.6 Å². The molecule has 0 fully saturated rings. The zero-order valence-corrected chi connectivity index (χ0v) is 14.6. The van der Waals surface area contributed by atoms with Crippen LogP contribution in [0.25, 0.3) is 0 Å². The lowest BCUT2D eigenvalue weighted by Crippen LogP contribution is -2.37. The average Bonchev–Trinajstić information content (AvgIpc) is 2.72. The second kappa shape index (κ2) is 8.37. The highest BCUT2D eigenvalue weighted by Crippen LogP contribution is 2.30. The topological polar surface area (TPSA) is 41.5 Å². The summed E-state index contributed by atoms with van der Waals surface area (Å²) in [4.78, 5) is 0. The van der Waals surface area contributed by atoms with Crippen molar-refractivity contribution in [1.82, 2.24) is 0 Å². The maximum absolute atomic E-state index is 10.1. The summed E-state index contributed by atoms with van der Waals surface area (Å²) in [7, 11) is 0. The van der Waals surface area contributed by atoms with E-state index >= 15 is 0 Å². The van der Waals surface area contributed by atoms with E-state index in [1.807, 2.05) is 84.9 Å². The quantitative estimate of drug-likeness (QED) is 0.579. The fourth-order valence-corrected chi connectivity index (χ4v) is 2.82. The summed E-state index contributed by atoms with van der Waals surface area (Å²) in [6.45, 7) is 4.32. The summed E-state index contributed by atoms with van der Waals surface area (Å²) in [5, 5.41) is 13.5. The molecule has 3 rings (SSSR count). The first-order valence-corrected chi connectivity index (χ1v) is 8.61. The third-order valence-electron chi connectivity index (χ3n) is 4.34. The van der Waals surface area contributed by atoms with Crippen LogP contribution in [0.3, 0.4) is 0 Å². The van der Waals surface area contributed by atoms with Gasteiger partial charge in [-0.1, -0.05) is 66.7 Å². The number of anilines is 1. The predicted molar refractivity (Wildman–Crippen MR) is 106 cm³/mol. The van der Waals surface area contributed by atoms with Gasteiger partial charge in [0.15, 0.2) is 0 Å². The maximum Gasteiger partial charge on any atom is 0.120 e. The van der Waals surface area contributed by atoms with Gasteiger partial charge < -0.3 is 15.2 Å². The smallest absolute Gasteiger partial charge is 0.120 e. The molecular formula is C23H23NO2. The summed E-state index contributed by atoms with van der Waals surface area (Å²) in [5.41, 5.74) is 2.13. The van der Waals surface area contributed by atoms with Crippen molar-refractivity contribution in [3.05, 3.63) is 109 Å². The Morgan fingerprint density at radius 3 is 2.27 bits per heavy atom. The number of aliphatic hydroxyl groups excluding tert-OH is 1. The van der Waals surface area contributed by atoms with Crippen LogP contribution in [-0.2, 0) is 12.1 Å². The average molecular weight is 345 g/mol. The van der Waals surface area contributed by atoms with Crippen LogP contribution in [0.15, 0.2) is 97.6 Å². The van der Waals surface area contributed by atoms with Crippen molar-refractivity contribution in [2.75, 3.05) is 11.9 Å². The third kappa shape index (κ3) is 4.13. The highest BCUT2D eigenvalue weighted by molar-refractivity contribution is 5.51. The molecule has 26 heavy (non-hydrogen) atoms. The zero-order chi connectivity index (χ0) is 18.2. The molecule has 0 aliphatic heterocycles. The lowest BCUT2D eigenvalue weighted by Gasteiger charge is -2.31. The van der Waals surface area contributed by atoms with Gasteiger partial charge in [0.2, 0.25) is 0 Å².